The van der Waals surface area contributed by atoms with Crippen LogP contribution in [0, 0.1) is 0 Å². The van der Waals surface area contributed by atoms with Crippen LogP contribution in [0.1, 0.15) is 45.4 Å². The third-order valence-corrected chi connectivity index (χ3v) is 16.5. The molecule has 0 saturated carbocycles. The lowest BCUT2D eigenvalue weighted by Crippen LogP contribution is -2.71. The van der Waals surface area contributed by atoms with Crippen LogP contribution in [0.2, 0.25) is 0 Å². The van der Waals surface area contributed by atoms with E-state index in [2.05, 4.69) is 28.6 Å². The lowest BCUT2D eigenvalue weighted by Gasteiger charge is -2.51. The Labute approximate surface area is 529 Å². The van der Waals surface area contributed by atoms with E-state index in [0.29, 0.717) is 31.6 Å². The van der Waals surface area contributed by atoms with E-state index in [-0.39, 0.29) is 18.9 Å². The molecule has 6 heterocycles. The van der Waals surface area contributed by atoms with Crippen molar-refractivity contribution in [2.75, 3.05) is 65.2 Å². The fraction of sp³-hybridized carbons (Fsp3) is 0.923. The zero-order chi connectivity index (χ0) is 68.1. The van der Waals surface area contributed by atoms with Crippen molar-refractivity contribution in [3.63, 3.8) is 0 Å². The Morgan fingerprint density at radius 1 is 0.554 bits per heavy atom. The molecule has 0 radical (unpaired) electrons. The number of aliphatic hydroxyl groups is 19. The number of nitrogens with one attached hydrogen (secondary N) is 3. The van der Waals surface area contributed by atoms with Crippen LogP contribution in [0.15, 0.2) is 0 Å². The summed E-state index contributed by atoms with van der Waals surface area (Å²) in [5, 5.41) is 225. The summed E-state index contributed by atoms with van der Waals surface area (Å²) in [6, 6.07) is -3.71. The lowest BCUT2D eigenvalue weighted by molar-refractivity contribution is -0.382. The Balaban J connectivity index is 1.17. The topological polar surface area (TPSA) is 620 Å². The number of hydrogen-bond acceptors (Lipinski definition) is 36. The van der Waals surface area contributed by atoms with Crippen molar-refractivity contribution in [1.82, 2.24) is 16.0 Å². The number of aliphatic carboxylic acids is 1. The molecule has 534 valence electrons. The van der Waals surface area contributed by atoms with Gasteiger partial charge in [-0.05, 0) is 25.0 Å². The van der Waals surface area contributed by atoms with E-state index in [4.69, 9.17) is 56.8 Å². The average Bonchev–Trinajstić information content (AvgIpc) is 0.793. The van der Waals surface area contributed by atoms with Crippen molar-refractivity contribution in [2.45, 2.75) is 235 Å². The van der Waals surface area contributed by atoms with Gasteiger partial charge >= 0.3 is 5.97 Å². The monoisotopic (exact) mass is 1360 g/mol. The molecule has 6 aliphatic rings. The predicted molar refractivity (Wildman–Crippen MR) is 295 cm³/mol. The summed E-state index contributed by atoms with van der Waals surface area (Å²) in [6.07, 6.45) is -56.2. The highest BCUT2D eigenvalue weighted by atomic mass is 32.1. The molecule has 6 fully saturated rings. The second-order valence-electron chi connectivity index (χ2n) is 22.8. The summed E-state index contributed by atoms with van der Waals surface area (Å²) in [4.78, 5) is 50.0. The van der Waals surface area contributed by atoms with Crippen LogP contribution in [0.3, 0.4) is 0 Å². The van der Waals surface area contributed by atoms with Crippen LogP contribution in [0.4, 0.5) is 0 Å². The molecule has 39 nitrogen and oxygen atoms in total. The second kappa shape index (κ2) is 36.0. The number of carbonyl (C=O) groups is 4. The number of amides is 3. The number of carbonyl (C=O) groups excluding carboxylic acids is 3. The van der Waals surface area contributed by atoms with Crippen molar-refractivity contribution >= 4 is 36.3 Å². The van der Waals surface area contributed by atoms with Gasteiger partial charge in [-0.2, -0.15) is 12.6 Å². The van der Waals surface area contributed by atoms with Gasteiger partial charge in [-0.3, -0.25) is 14.4 Å². The van der Waals surface area contributed by atoms with Gasteiger partial charge in [-0.25, -0.2) is 4.79 Å². The van der Waals surface area contributed by atoms with Crippen molar-refractivity contribution in [1.29, 1.82) is 0 Å². The SMILES string of the molecule is CC(=O)NC1C(O[C@@H]2OC(CO)[C@H](O)C(OC3(C(=O)O)CC(O)C(NC(=O)CO)C([C@H](O)C(O)CO)O3)C2O)[C@@H](O)C(CO)O[C@H]1OC1CC(O)[C@@H](O[C@H]2C(CO)O[C@@H](OC3C(O)[C@H](OCCCCCNC(=O)CCS)OC(CO)[C@@H]3O)C(O)C2O)OC(CO)[C@@H]1O. The normalized spacial score (nSPS) is 42.7. The molecule has 6 aliphatic heterocycles. The number of carboxylic acids is 1. The Morgan fingerprint density at radius 3 is 1.67 bits per heavy atom. The third kappa shape index (κ3) is 18.8. The molecule has 3 amide bonds. The zero-order valence-corrected chi connectivity index (χ0v) is 50.5. The highest BCUT2D eigenvalue weighted by Gasteiger charge is 2.61. The van der Waals surface area contributed by atoms with Crippen LogP contribution in [0.5, 0.6) is 0 Å². The lowest BCUT2D eigenvalue weighted by atomic mass is 9.88. The predicted octanol–water partition coefficient (Wildman–Crippen LogP) is -13.6. The Bertz CT molecular complexity index is 2280. The molecule has 0 aromatic rings. The van der Waals surface area contributed by atoms with Crippen LogP contribution in [0.25, 0.3) is 0 Å². The van der Waals surface area contributed by atoms with Gasteiger partial charge < -0.3 is 175 Å². The standard InChI is InChI=1S/C52H89N3O36S/c1-18(63)54-31-42(88-50-40(77)45(36(73)26(15-60)85-50)91-52(51(78)79)10-20(65)30(55-29(68)17-62)43(90-52)32(69)21(66)11-56)34(71)24(13-58)83-47(31)81-22-9-19(64)46(82-23(12-57)33(22)70)87-41-27(16-61)86-49(38(75)37(41)74)89-44-35(72)25(14-59)84-48(39(44)76)80-7-4-2-3-6-53-28(67)5-8-92/h19-27,30-50,56-62,64-66,69-77,92H,2-17H2,1H3,(H,53,67)(H,54,63)(H,55,68)(H,78,79)/t19?,20?,21?,22?,23?,24?,25?,26?,27?,30?,31?,32-,33-,34+,35+,36+,37?,38?,39?,40?,41+,42?,43?,44?,45?,46-,47-,48-,49+,50+,52?/m1/s1. The van der Waals surface area contributed by atoms with Crippen LogP contribution < -0.4 is 16.0 Å². The van der Waals surface area contributed by atoms with Crippen LogP contribution in [-0.2, 0) is 76.0 Å². The molecule has 0 aromatic carbocycles. The summed E-state index contributed by atoms with van der Waals surface area (Å²) in [6.45, 7) is -6.23. The maximum absolute atomic E-state index is 13.1. The molecule has 6 rings (SSSR count). The van der Waals surface area contributed by atoms with Gasteiger partial charge in [0.25, 0.3) is 5.79 Å². The molecule has 0 aliphatic carbocycles. The van der Waals surface area contributed by atoms with Gasteiger partial charge in [0.05, 0.1) is 57.9 Å². The van der Waals surface area contributed by atoms with Crippen LogP contribution >= 0.6 is 12.6 Å². The molecule has 40 heteroatoms. The third-order valence-electron chi connectivity index (χ3n) is 16.3. The molecule has 92 heavy (non-hydrogen) atoms. The number of aliphatic hydroxyl groups excluding tert-OH is 19. The smallest absolute Gasteiger partial charge is 0.364 e. The summed E-state index contributed by atoms with van der Waals surface area (Å²) in [5.41, 5.74) is 0. The minimum Gasteiger partial charge on any atom is -0.477 e. The summed E-state index contributed by atoms with van der Waals surface area (Å²) in [5.74, 6) is -7.31. The van der Waals surface area contributed by atoms with Crippen molar-refractivity contribution < 1.29 is 178 Å². The van der Waals surface area contributed by atoms with Gasteiger partial charge in [0.2, 0.25) is 17.7 Å². The van der Waals surface area contributed by atoms with Gasteiger partial charge in [0.1, 0.15) is 141 Å². The van der Waals surface area contributed by atoms with E-state index in [9.17, 15) is 121 Å². The number of carboxylic acid groups (broad SMARTS) is 1. The van der Waals surface area contributed by atoms with E-state index < -0.39 is 267 Å². The van der Waals surface area contributed by atoms with Gasteiger partial charge in [-0.1, -0.05) is 0 Å². The van der Waals surface area contributed by atoms with Crippen molar-refractivity contribution in [2.24, 2.45) is 0 Å². The highest BCUT2D eigenvalue weighted by molar-refractivity contribution is 7.80. The molecule has 31 atom stereocenters. The maximum atomic E-state index is 13.1. The minimum atomic E-state index is -3.28. The molecule has 20 unspecified atom stereocenters. The molecular weight excluding hydrogens is 1270 g/mol. The molecule has 6 saturated heterocycles. The van der Waals surface area contributed by atoms with Gasteiger partial charge in [0.15, 0.2) is 31.5 Å². The maximum Gasteiger partial charge on any atom is 0.364 e. The fourth-order valence-electron chi connectivity index (χ4n) is 11.3. The van der Waals surface area contributed by atoms with Crippen molar-refractivity contribution in [3.05, 3.63) is 0 Å². The van der Waals surface area contributed by atoms with Crippen molar-refractivity contribution in [3.8, 4) is 0 Å². The van der Waals surface area contributed by atoms with E-state index in [1.54, 1.807) is 0 Å². The first-order chi connectivity index (χ1) is 43.7. The zero-order valence-electron chi connectivity index (χ0n) is 49.6. The van der Waals surface area contributed by atoms with E-state index in [1.807, 2.05) is 0 Å². The Kier molecular flexibility index (Phi) is 30.5. The second-order valence-corrected chi connectivity index (χ2v) is 23.2. The number of unbranched alkanes of at least 4 members (excludes halogenated alkanes) is 2. The largest absolute Gasteiger partial charge is 0.477 e. The number of thiol groups is 1. The first-order valence-electron chi connectivity index (χ1n) is 29.6. The summed E-state index contributed by atoms with van der Waals surface area (Å²) < 4.78 is 69.4. The van der Waals surface area contributed by atoms with E-state index in [0.717, 1.165) is 6.92 Å². The summed E-state index contributed by atoms with van der Waals surface area (Å²) in [7, 11) is 0. The van der Waals surface area contributed by atoms with Crippen LogP contribution in [-0.4, -0.2) is 381 Å². The fourth-order valence-corrected chi connectivity index (χ4v) is 11.5. The highest BCUT2D eigenvalue weighted by Crippen LogP contribution is 2.40. The first kappa shape index (κ1) is 78.0. The molecule has 23 N–H and O–H groups in total. The Morgan fingerprint density at radius 2 is 1.09 bits per heavy atom. The number of ether oxygens (including phenoxy) is 12. The van der Waals surface area contributed by atoms with Gasteiger partial charge in [0, 0.05) is 39.3 Å². The average molecular weight is 1360 g/mol. The van der Waals surface area contributed by atoms with E-state index >= 15 is 0 Å². The number of hydrogen-bond donors (Lipinski definition) is 24. The molecule has 0 aromatic heterocycles. The molecule has 0 spiro atoms. The Hall–Kier alpha value is -3.01. The first-order valence-corrected chi connectivity index (χ1v) is 30.3. The van der Waals surface area contributed by atoms with Gasteiger partial charge in [-0.15, -0.1) is 0 Å². The molecule has 0 bridgehead atoms. The van der Waals surface area contributed by atoms with E-state index in [1.165, 1.54) is 0 Å². The quantitative estimate of drug-likeness (QED) is 0.0226. The minimum absolute atomic E-state index is 0.00121. The molecular formula is C52H89N3O36S. The summed E-state index contributed by atoms with van der Waals surface area (Å²) >= 11 is 4.02. The number of rotatable bonds is 31.